The summed E-state index contributed by atoms with van der Waals surface area (Å²) in [5.74, 6) is 0. The second kappa shape index (κ2) is 6.50. The smallest absolute Gasteiger partial charge is 0.158 e. The van der Waals surface area contributed by atoms with Crippen LogP contribution in [0.15, 0.2) is 12.7 Å². The quantitative estimate of drug-likeness (QED) is 0.725. The van der Waals surface area contributed by atoms with Crippen LogP contribution in [0.1, 0.15) is 33.1 Å². The summed E-state index contributed by atoms with van der Waals surface area (Å²) < 4.78 is 16.5. The predicted octanol–water partition coefficient (Wildman–Crippen LogP) is 1.87. The standard InChI is InChI=1S/C13H24O4/c1-5-13(3,15-4)12(14)10(2)17-11-8-6-7-9-16-11/h5,10-12,14H,1,6-9H2,2-4H3. The van der Waals surface area contributed by atoms with Gasteiger partial charge in [-0.15, -0.1) is 6.58 Å². The lowest BCUT2D eigenvalue weighted by atomic mass is 9.95. The molecule has 0 radical (unpaired) electrons. The number of rotatable bonds is 6. The maximum atomic E-state index is 10.2. The molecule has 1 saturated heterocycles. The molecule has 4 heteroatoms. The van der Waals surface area contributed by atoms with Crippen molar-refractivity contribution in [3.8, 4) is 0 Å². The molecule has 1 N–H and O–H groups in total. The molecule has 0 aliphatic carbocycles. The predicted molar refractivity (Wildman–Crippen MR) is 65.8 cm³/mol. The zero-order valence-electron chi connectivity index (χ0n) is 11.0. The van der Waals surface area contributed by atoms with Gasteiger partial charge in [-0.3, -0.25) is 0 Å². The van der Waals surface area contributed by atoms with E-state index in [4.69, 9.17) is 14.2 Å². The first-order chi connectivity index (χ1) is 8.03. The van der Waals surface area contributed by atoms with Crippen molar-refractivity contribution in [1.29, 1.82) is 0 Å². The third kappa shape index (κ3) is 3.78. The van der Waals surface area contributed by atoms with Crippen LogP contribution in [0.2, 0.25) is 0 Å². The lowest BCUT2D eigenvalue weighted by Crippen LogP contribution is -2.48. The van der Waals surface area contributed by atoms with Gasteiger partial charge in [-0.2, -0.15) is 0 Å². The van der Waals surface area contributed by atoms with E-state index in [-0.39, 0.29) is 12.4 Å². The van der Waals surface area contributed by atoms with E-state index in [1.54, 1.807) is 20.1 Å². The van der Waals surface area contributed by atoms with Crippen molar-refractivity contribution in [2.75, 3.05) is 13.7 Å². The maximum absolute atomic E-state index is 10.2. The summed E-state index contributed by atoms with van der Waals surface area (Å²) in [4.78, 5) is 0. The highest BCUT2D eigenvalue weighted by molar-refractivity contribution is 5.01. The summed E-state index contributed by atoms with van der Waals surface area (Å²) in [5.41, 5.74) is -0.798. The average Bonchev–Trinajstić information content (AvgIpc) is 2.38. The minimum atomic E-state index is -0.798. The third-order valence-electron chi connectivity index (χ3n) is 3.38. The average molecular weight is 244 g/mol. The van der Waals surface area contributed by atoms with Gasteiger partial charge in [0.05, 0.1) is 6.10 Å². The van der Waals surface area contributed by atoms with Gasteiger partial charge < -0.3 is 19.3 Å². The molecule has 0 aromatic heterocycles. The van der Waals surface area contributed by atoms with Crippen molar-refractivity contribution >= 4 is 0 Å². The van der Waals surface area contributed by atoms with E-state index in [1.165, 1.54) is 0 Å². The molecule has 4 unspecified atom stereocenters. The zero-order chi connectivity index (χ0) is 12.9. The molecule has 1 heterocycles. The van der Waals surface area contributed by atoms with E-state index in [0.29, 0.717) is 0 Å². The molecule has 1 aliphatic rings. The van der Waals surface area contributed by atoms with Crippen LogP contribution in [0.5, 0.6) is 0 Å². The molecular weight excluding hydrogens is 220 g/mol. The van der Waals surface area contributed by atoms with Crippen LogP contribution < -0.4 is 0 Å². The van der Waals surface area contributed by atoms with Gasteiger partial charge in [0.1, 0.15) is 11.7 Å². The number of hydrogen-bond acceptors (Lipinski definition) is 4. The first-order valence-electron chi connectivity index (χ1n) is 6.17. The van der Waals surface area contributed by atoms with E-state index in [9.17, 15) is 5.11 Å². The fraction of sp³-hybridized carbons (Fsp3) is 0.846. The van der Waals surface area contributed by atoms with Gasteiger partial charge in [0.2, 0.25) is 0 Å². The second-order valence-corrected chi connectivity index (χ2v) is 4.67. The summed E-state index contributed by atoms with van der Waals surface area (Å²) in [6.07, 6.45) is 3.33. The number of ether oxygens (including phenoxy) is 3. The van der Waals surface area contributed by atoms with Crippen LogP contribution in [0, 0.1) is 0 Å². The number of aliphatic hydroxyl groups is 1. The SMILES string of the molecule is C=CC(C)(OC)C(O)C(C)OC1CCCCO1. The summed E-state index contributed by atoms with van der Waals surface area (Å²) in [7, 11) is 1.55. The highest BCUT2D eigenvalue weighted by Gasteiger charge is 2.35. The fourth-order valence-electron chi connectivity index (χ4n) is 1.92. The first kappa shape index (κ1) is 14.6. The molecule has 100 valence electrons. The molecule has 1 fully saturated rings. The second-order valence-electron chi connectivity index (χ2n) is 4.67. The van der Waals surface area contributed by atoms with Gasteiger partial charge in [0, 0.05) is 13.7 Å². The van der Waals surface area contributed by atoms with Crippen molar-refractivity contribution in [3.63, 3.8) is 0 Å². The fourth-order valence-corrected chi connectivity index (χ4v) is 1.92. The molecule has 0 bridgehead atoms. The number of aliphatic hydroxyl groups excluding tert-OH is 1. The Hall–Kier alpha value is -0.420. The van der Waals surface area contributed by atoms with E-state index in [1.807, 2.05) is 6.92 Å². The van der Waals surface area contributed by atoms with Gasteiger partial charge in [-0.1, -0.05) is 6.08 Å². The molecule has 0 saturated carbocycles. The monoisotopic (exact) mass is 244 g/mol. The highest BCUT2D eigenvalue weighted by Crippen LogP contribution is 2.23. The van der Waals surface area contributed by atoms with Crippen LogP contribution in [0.25, 0.3) is 0 Å². The summed E-state index contributed by atoms with van der Waals surface area (Å²) in [6.45, 7) is 8.02. The normalized spacial score (nSPS) is 28.1. The molecule has 17 heavy (non-hydrogen) atoms. The maximum Gasteiger partial charge on any atom is 0.158 e. The Kier molecular flexibility index (Phi) is 5.59. The van der Waals surface area contributed by atoms with Crippen LogP contribution in [-0.2, 0) is 14.2 Å². The molecular formula is C13H24O4. The first-order valence-corrected chi connectivity index (χ1v) is 6.17. The van der Waals surface area contributed by atoms with Gasteiger partial charge in [-0.05, 0) is 33.1 Å². The van der Waals surface area contributed by atoms with Gasteiger partial charge in [-0.25, -0.2) is 0 Å². The Balaban J connectivity index is 2.50. The highest BCUT2D eigenvalue weighted by atomic mass is 16.7. The lowest BCUT2D eigenvalue weighted by molar-refractivity contribution is -0.219. The Morgan fingerprint density at radius 3 is 2.71 bits per heavy atom. The van der Waals surface area contributed by atoms with Crippen LogP contribution in [0.4, 0.5) is 0 Å². The summed E-state index contributed by atoms with van der Waals surface area (Å²) in [5, 5.41) is 10.2. The Morgan fingerprint density at radius 1 is 1.53 bits per heavy atom. The van der Waals surface area contributed by atoms with Crippen molar-refractivity contribution in [2.45, 2.75) is 57.2 Å². The topological polar surface area (TPSA) is 47.9 Å². The van der Waals surface area contributed by atoms with E-state index >= 15 is 0 Å². The number of hydrogen-bond donors (Lipinski definition) is 1. The van der Waals surface area contributed by atoms with Crippen molar-refractivity contribution in [1.82, 2.24) is 0 Å². The summed E-state index contributed by atoms with van der Waals surface area (Å²) in [6, 6.07) is 0. The van der Waals surface area contributed by atoms with Gasteiger partial charge in [0.25, 0.3) is 0 Å². The molecule has 1 aliphatic heterocycles. The van der Waals surface area contributed by atoms with Crippen LogP contribution >= 0.6 is 0 Å². The number of methoxy groups -OCH3 is 1. The Labute approximate surface area is 104 Å². The molecule has 0 amide bonds. The summed E-state index contributed by atoms with van der Waals surface area (Å²) >= 11 is 0. The van der Waals surface area contributed by atoms with Crippen LogP contribution in [-0.4, -0.2) is 42.9 Å². The van der Waals surface area contributed by atoms with E-state index in [2.05, 4.69) is 6.58 Å². The molecule has 1 rings (SSSR count). The van der Waals surface area contributed by atoms with Crippen molar-refractivity contribution < 1.29 is 19.3 Å². The minimum Gasteiger partial charge on any atom is -0.387 e. The Morgan fingerprint density at radius 2 is 2.24 bits per heavy atom. The van der Waals surface area contributed by atoms with Gasteiger partial charge >= 0.3 is 0 Å². The zero-order valence-corrected chi connectivity index (χ0v) is 11.0. The van der Waals surface area contributed by atoms with E-state index < -0.39 is 11.7 Å². The molecule has 0 spiro atoms. The molecule has 0 aromatic rings. The molecule has 0 aromatic carbocycles. The minimum absolute atomic E-state index is 0.209. The third-order valence-corrected chi connectivity index (χ3v) is 3.38. The molecule has 4 atom stereocenters. The lowest BCUT2D eigenvalue weighted by Gasteiger charge is -2.35. The van der Waals surface area contributed by atoms with Crippen LogP contribution in [0.3, 0.4) is 0 Å². The largest absolute Gasteiger partial charge is 0.387 e. The Bertz CT molecular complexity index is 238. The van der Waals surface area contributed by atoms with Crippen molar-refractivity contribution in [2.24, 2.45) is 0 Å². The van der Waals surface area contributed by atoms with Crippen molar-refractivity contribution in [3.05, 3.63) is 12.7 Å². The molecule has 4 nitrogen and oxygen atoms in total. The van der Waals surface area contributed by atoms with Gasteiger partial charge in [0.15, 0.2) is 6.29 Å². The van der Waals surface area contributed by atoms with E-state index in [0.717, 1.165) is 25.9 Å².